The number of rotatable bonds is 0. The smallest absolute Gasteiger partial charge is 0.219 e. The topological polar surface area (TPSA) is 21.7 Å². The fourth-order valence-electron chi connectivity index (χ4n) is 1.73. The molecule has 0 saturated heterocycles. The van der Waals surface area contributed by atoms with Gasteiger partial charge in [0, 0.05) is 20.1 Å². The second-order valence-corrected chi connectivity index (χ2v) is 3.24. The first-order chi connectivity index (χ1) is 7.40. The molecular weight excluding hydrogens is 378 g/mol. The first-order valence-corrected chi connectivity index (χ1v) is 4.54. The van der Waals surface area contributed by atoms with Gasteiger partial charge in [0.15, 0.2) is 0 Å². The minimum atomic E-state index is 0. The Morgan fingerprint density at radius 1 is 1.44 bits per heavy atom. The Labute approximate surface area is 106 Å². The summed E-state index contributed by atoms with van der Waals surface area (Å²) in [7, 11) is 0. The van der Waals surface area contributed by atoms with E-state index in [0.717, 1.165) is 16.4 Å². The summed E-state index contributed by atoms with van der Waals surface area (Å²) in [5, 5.41) is 1.96. The number of hydrogen-bond acceptors (Lipinski definition) is 1. The van der Waals surface area contributed by atoms with Gasteiger partial charge in [0.25, 0.3) is 0 Å². The predicted molar refractivity (Wildman–Crippen MR) is 57.8 cm³/mol. The summed E-state index contributed by atoms with van der Waals surface area (Å²) in [6.07, 6.45) is 3.49. The van der Waals surface area contributed by atoms with Gasteiger partial charge < -0.3 is 4.85 Å². The standard InChI is InChI=1S/C12H6N3.Ir/c1-13-11-8-9-4-2-3-5-10(9)12-14-6-7-15(11)12;/h2-4,6-8H;/q-1;. The van der Waals surface area contributed by atoms with Gasteiger partial charge in [-0.15, -0.1) is 29.7 Å². The maximum atomic E-state index is 7.11. The van der Waals surface area contributed by atoms with E-state index < -0.39 is 0 Å². The zero-order valence-electron chi connectivity index (χ0n) is 8.14. The maximum Gasteiger partial charge on any atom is 0.219 e. The van der Waals surface area contributed by atoms with Gasteiger partial charge in [0.1, 0.15) is 5.65 Å². The minimum Gasteiger partial charge on any atom is -0.365 e. The van der Waals surface area contributed by atoms with Crippen LogP contribution in [-0.2, 0) is 20.1 Å². The maximum absolute atomic E-state index is 7.11. The van der Waals surface area contributed by atoms with E-state index in [-0.39, 0.29) is 20.1 Å². The molecule has 0 saturated carbocycles. The molecule has 0 amide bonds. The van der Waals surface area contributed by atoms with Crippen molar-refractivity contribution >= 4 is 22.2 Å². The molecule has 3 rings (SSSR count). The Balaban J connectivity index is 0.000000963. The zero-order chi connectivity index (χ0) is 10.3. The Morgan fingerprint density at radius 3 is 3.12 bits per heavy atom. The van der Waals surface area contributed by atoms with Crippen LogP contribution in [0.15, 0.2) is 36.7 Å². The summed E-state index contributed by atoms with van der Waals surface area (Å²) >= 11 is 0. The van der Waals surface area contributed by atoms with Crippen molar-refractivity contribution in [3.05, 3.63) is 54.1 Å². The van der Waals surface area contributed by atoms with E-state index in [9.17, 15) is 0 Å². The van der Waals surface area contributed by atoms with E-state index >= 15 is 0 Å². The van der Waals surface area contributed by atoms with Crippen LogP contribution in [0.2, 0.25) is 0 Å². The molecular formula is C12H6IrN3-. The molecule has 0 aliphatic rings. The minimum absolute atomic E-state index is 0. The third kappa shape index (κ3) is 1.42. The van der Waals surface area contributed by atoms with Crippen molar-refractivity contribution in [1.29, 1.82) is 0 Å². The van der Waals surface area contributed by atoms with Crippen molar-refractivity contribution < 1.29 is 20.1 Å². The van der Waals surface area contributed by atoms with Gasteiger partial charge in [-0.3, -0.25) is 9.38 Å². The van der Waals surface area contributed by atoms with Gasteiger partial charge >= 0.3 is 0 Å². The molecule has 0 atom stereocenters. The van der Waals surface area contributed by atoms with E-state index in [2.05, 4.69) is 15.9 Å². The molecule has 3 aromatic rings. The van der Waals surface area contributed by atoms with Crippen molar-refractivity contribution in [2.45, 2.75) is 0 Å². The second kappa shape index (κ2) is 4.05. The fraction of sp³-hybridized carbons (Fsp3) is 0. The SMILES string of the molecule is [C-]#[N+]c1cc2ccc[c-]c2c2nccn12.[Ir]. The molecule has 79 valence electrons. The summed E-state index contributed by atoms with van der Waals surface area (Å²) in [5.41, 5.74) is 0.791. The second-order valence-electron chi connectivity index (χ2n) is 3.24. The molecule has 2 heterocycles. The van der Waals surface area contributed by atoms with Crippen LogP contribution >= 0.6 is 0 Å². The number of nitrogens with zero attached hydrogens (tertiary/aromatic N) is 3. The fourth-order valence-corrected chi connectivity index (χ4v) is 1.73. The van der Waals surface area contributed by atoms with E-state index in [0.29, 0.717) is 5.82 Å². The molecule has 0 unspecified atom stereocenters. The molecule has 0 bridgehead atoms. The number of hydrogen-bond donors (Lipinski definition) is 0. The third-order valence-corrected chi connectivity index (χ3v) is 2.40. The molecule has 4 heteroatoms. The van der Waals surface area contributed by atoms with Crippen LogP contribution in [0, 0.1) is 12.6 Å². The van der Waals surface area contributed by atoms with Gasteiger partial charge in [0.2, 0.25) is 5.82 Å². The number of pyridine rings is 1. The van der Waals surface area contributed by atoms with Crippen LogP contribution in [0.3, 0.4) is 0 Å². The van der Waals surface area contributed by atoms with E-state index in [4.69, 9.17) is 6.57 Å². The van der Waals surface area contributed by atoms with E-state index in [1.807, 2.05) is 24.3 Å². The number of aromatic nitrogens is 2. The Kier molecular flexibility index (Phi) is 2.74. The van der Waals surface area contributed by atoms with Crippen LogP contribution in [0.4, 0.5) is 5.82 Å². The molecule has 1 aromatic carbocycles. The summed E-state index contributed by atoms with van der Waals surface area (Å²) < 4.78 is 1.78. The quantitative estimate of drug-likeness (QED) is 0.547. The summed E-state index contributed by atoms with van der Waals surface area (Å²) in [5.74, 6) is 0.578. The monoisotopic (exact) mass is 385 g/mol. The third-order valence-electron chi connectivity index (χ3n) is 2.40. The van der Waals surface area contributed by atoms with Gasteiger partial charge in [0.05, 0.1) is 12.4 Å². The van der Waals surface area contributed by atoms with Crippen molar-refractivity contribution in [3.63, 3.8) is 0 Å². The Hall–Kier alpha value is -1.69. The van der Waals surface area contributed by atoms with Crippen LogP contribution in [-0.4, -0.2) is 9.38 Å². The summed E-state index contributed by atoms with van der Waals surface area (Å²) in [6.45, 7) is 7.11. The van der Waals surface area contributed by atoms with Crippen LogP contribution in [0.25, 0.3) is 21.3 Å². The molecule has 2 aromatic heterocycles. The summed E-state index contributed by atoms with van der Waals surface area (Å²) in [4.78, 5) is 7.72. The van der Waals surface area contributed by atoms with Crippen molar-refractivity contribution in [3.8, 4) is 0 Å². The van der Waals surface area contributed by atoms with Crippen molar-refractivity contribution in [1.82, 2.24) is 9.38 Å². The van der Waals surface area contributed by atoms with Crippen LogP contribution < -0.4 is 0 Å². The van der Waals surface area contributed by atoms with E-state index in [1.165, 1.54) is 0 Å². The first kappa shape index (κ1) is 10.8. The Bertz CT molecular complexity index is 694. The van der Waals surface area contributed by atoms with Crippen LogP contribution in [0.5, 0.6) is 0 Å². The number of imidazole rings is 1. The zero-order valence-corrected chi connectivity index (χ0v) is 10.5. The number of fused-ring (bicyclic) bond motifs is 3. The molecule has 0 N–H and O–H groups in total. The molecule has 0 fully saturated rings. The molecule has 1 radical (unpaired) electrons. The Morgan fingerprint density at radius 2 is 2.31 bits per heavy atom. The normalized spacial score (nSPS) is 9.94. The predicted octanol–water partition coefficient (Wildman–Crippen LogP) is 2.84. The van der Waals surface area contributed by atoms with Crippen molar-refractivity contribution in [2.75, 3.05) is 0 Å². The molecule has 0 spiro atoms. The van der Waals surface area contributed by atoms with Crippen molar-refractivity contribution in [2.24, 2.45) is 0 Å². The average molecular weight is 384 g/mol. The average Bonchev–Trinajstić information content (AvgIpc) is 2.77. The van der Waals surface area contributed by atoms with Gasteiger partial charge in [-0.1, -0.05) is 18.0 Å². The number of benzene rings is 1. The molecule has 0 aliphatic heterocycles. The first-order valence-electron chi connectivity index (χ1n) is 4.54. The molecule has 16 heavy (non-hydrogen) atoms. The van der Waals surface area contributed by atoms with Crippen LogP contribution in [0.1, 0.15) is 0 Å². The van der Waals surface area contributed by atoms with Gasteiger partial charge in [-0.05, 0) is 0 Å². The van der Waals surface area contributed by atoms with Gasteiger partial charge in [-0.2, -0.15) is 0 Å². The summed E-state index contributed by atoms with van der Waals surface area (Å²) in [6, 6.07) is 10.7. The molecule has 0 aliphatic carbocycles. The largest absolute Gasteiger partial charge is 0.365 e. The van der Waals surface area contributed by atoms with E-state index in [1.54, 1.807) is 16.8 Å². The molecule has 3 nitrogen and oxygen atoms in total. The van der Waals surface area contributed by atoms with Gasteiger partial charge in [-0.25, -0.2) is 0 Å².